The molecule has 0 spiro atoms. The fraction of sp³-hybridized carbons (Fsp3) is 0.783. The van der Waals surface area contributed by atoms with E-state index in [-0.39, 0.29) is 19.3 Å². The van der Waals surface area contributed by atoms with Gasteiger partial charge in [0.25, 0.3) is 0 Å². The molecule has 0 heterocycles. The molecule has 0 fully saturated rings. The maximum Gasteiger partial charge on any atom is 0.303 e. The lowest BCUT2D eigenvalue weighted by molar-refractivity contribution is -0.929. The summed E-state index contributed by atoms with van der Waals surface area (Å²) in [5.74, 6) is -2.51. The second-order valence-corrected chi connectivity index (χ2v) is 8.19. The minimum atomic E-state index is -0.836. The number of hydrogen-bond donors (Lipinski definition) is 3. The van der Waals surface area contributed by atoms with Crippen LogP contribution in [0, 0.1) is 0 Å². The van der Waals surface area contributed by atoms with Gasteiger partial charge >= 0.3 is 17.9 Å². The van der Waals surface area contributed by atoms with Crippen LogP contribution in [0.2, 0.25) is 0 Å². The molecule has 0 aromatic rings. The van der Waals surface area contributed by atoms with E-state index < -0.39 is 17.9 Å². The first-order chi connectivity index (χ1) is 14.3. The molecule has 0 bridgehead atoms. The largest absolute Gasteiger partial charge is 0.481 e. The van der Waals surface area contributed by atoms with Gasteiger partial charge in [-0.3, -0.25) is 14.4 Å². The summed E-state index contributed by atoms with van der Waals surface area (Å²) in [7, 11) is 0. The predicted octanol–water partition coefficient (Wildman–Crippen LogP) is 4.70. The second-order valence-electron chi connectivity index (χ2n) is 8.19. The fourth-order valence-electron chi connectivity index (χ4n) is 3.83. The molecule has 0 aromatic carbocycles. The van der Waals surface area contributed by atoms with Gasteiger partial charge in [0.1, 0.15) is 0 Å². The van der Waals surface area contributed by atoms with E-state index in [4.69, 9.17) is 15.3 Å². The summed E-state index contributed by atoms with van der Waals surface area (Å²) in [5.41, 5.74) is 0. The Morgan fingerprint density at radius 1 is 0.600 bits per heavy atom. The monoisotopic (exact) mass is 428 g/mol. The lowest BCUT2D eigenvalue weighted by atomic mass is 10.1. The highest BCUT2D eigenvalue weighted by molar-refractivity contribution is 5.67. The highest BCUT2D eigenvalue weighted by Gasteiger charge is 2.27. The fourth-order valence-corrected chi connectivity index (χ4v) is 3.83. The van der Waals surface area contributed by atoms with Crippen molar-refractivity contribution in [1.82, 2.24) is 0 Å². The van der Waals surface area contributed by atoms with Crippen molar-refractivity contribution in [3.8, 4) is 0 Å². The Balaban J connectivity index is 4.77. The Hall–Kier alpha value is -1.89. The van der Waals surface area contributed by atoms with E-state index in [1.807, 2.05) is 0 Å². The zero-order valence-electron chi connectivity index (χ0n) is 18.7. The molecule has 174 valence electrons. The Morgan fingerprint density at radius 2 is 0.967 bits per heavy atom. The molecule has 30 heavy (non-hydrogen) atoms. The normalized spacial score (nSPS) is 11.8. The smallest absolute Gasteiger partial charge is 0.303 e. The molecule has 0 saturated heterocycles. The molecule has 7 nitrogen and oxygen atoms in total. The third-order valence-electron chi connectivity index (χ3n) is 5.46. The maximum absolute atomic E-state index is 10.9. The number of quaternary nitrogens is 1. The van der Waals surface area contributed by atoms with Crippen LogP contribution in [0.5, 0.6) is 0 Å². The van der Waals surface area contributed by atoms with Crippen molar-refractivity contribution in [2.75, 3.05) is 26.2 Å². The number of carbonyl (C=O) groups is 3. The molecule has 7 heteroatoms. The zero-order valence-corrected chi connectivity index (χ0v) is 18.7. The van der Waals surface area contributed by atoms with E-state index in [1.54, 1.807) is 0 Å². The standard InChI is InChI=1S/C23H41NO6/c1-2-3-4-5-6-7-8-9-10-17-24(18-11-14-21(25)26,19-12-15-22(27)28)20-13-16-23(29)30/h6-7H,2-5,8-20H2,1H3,(H2-,25,26,27,28,29,30)/p+1/b7-6+. The lowest BCUT2D eigenvalue weighted by Gasteiger charge is -2.39. The summed E-state index contributed by atoms with van der Waals surface area (Å²) in [4.78, 5) is 32.8. The van der Waals surface area contributed by atoms with Crippen molar-refractivity contribution in [3.05, 3.63) is 12.2 Å². The van der Waals surface area contributed by atoms with E-state index in [1.165, 1.54) is 19.3 Å². The minimum absolute atomic E-state index is 0.0817. The van der Waals surface area contributed by atoms with Crippen molar-refractivity contribution < 1.29 is 34.2 Å². The number of hydrogen-bond acceptors (Lipinski definition) is 3. The number of allylic oxidation sites excluding steroid dienone is 2. The number of carboxylic acids is 3. The van der Waals surface area contributed by atoms with Crippen molar-refractivity contribution >= 4 is 17.9 Å². The Labute approximate surface area is 181 Å². The van der Waals surface area contributed by atoms with E-state index in [2.05, 4.69) is 19.1 Å². The van der Waals surface area contributed by atoms with Crippen LogP contribution in [-0.4, -0.2) is 63.9 Å². The van der Waals surface area contributed by atoms with Gasteiger partial charge in [0, 0.05) is 19.3 Å². The zero-order chi connectivity index (χ0) is 22.7. The van der Waals surface area contributed by atoms with Crippen LogP contribution in [0.25, 0.3) is 0 Å². The second kappa shape index (κ2) is 17.9. The Morgan fingerprint density at radius 3 is 1.33 bits per heavy atom. The van der Waals surface area contributed by atoms with Gasteiger partial charge in [0.15, 0.2) is 0 Å². The molecule has 0 saturated carbocycles. The van der Waals surface area contributed by atoms with E-state index >= 15 is 0 Å². The van der Waals surface area contributed by atoms with Crippen molar-refractivity contribution in [2.24, 2.45) is 0 Å². The van der Waals surface area contributed by atoms with Gasteiger partial charge in [-0.15, -0.1) is 0 Å². The third-order valence-corrected chi connectivity index (χ3v) is 5.46. The number of nitrogens with zero attached hydrogens (tertiary/aromatic N) is 1. The van der Waals surface area contributed by atoms with Crippen LogP contribution < -0.4 is 0 Å². The van der Waals surface area contributed by atoms with Crippen LogP contribution in [0.4, 0.5) is 0 Å². The van der Waals surface area contributed by atoms with Gasteiger partial charge in [-0.1, -0.05) is 31.9 Å². The van der Waals surface area contributed by atoms with Gasteiger partial charge in [-0.05, 0) is 32.1 Å². The molecule has 0 rings (SSSR count). The topological polar surface area (TPSA) is 112 Å². The molecule has 0 unspecified atom stereocenters. The Kier molecular flexibility index (Phi) is 16.8. The van der Waals surface area contributed by atoms with E-state index in [0.717, 1.165) is 32.2 Å². The SMILES string of the molecule is CCCCC/C=C/CCCC[N+](CCCC(=O)O)(CCCC(=O)O)CCCC(=O)O. The first-order valence-corrected chi connectivity index (χ1v) is 11.5. The molecule has 0 aliphatic carbocycles. The summed E-state index contributed by atoms with van der Waals surface area (Å²) in [6, 6.07) is 0. The summed E-state index contributed by atoms with van der Waals surface area (Å²) >= 11 is 0. The predicted molar refractivity (Wildman–Crippen MR) is 117 cm³/mol. The number of rotatable bonds is 21. The van der Waals surface area contributed by atoms with Crippen molar-refractivity contribution in [2.45, 2.75) is 90.4 Å². The number of carboxylic acid groups (broad SMARTS) is 3. The van der Waals surface area contributed by atoms with Gasteiger partial charge in [0.2, 0.25) is 0 Å². The molecule has 0 radical (unpaired) electrons. The van der Waals surface area contributed by atoms with Crippen LogP contribution in [0.3, 0.4) is 0 Å². The molecular weight excluding hydrogens is 386 g/mol. The average molecular weight is 429 g/mol. The summed E-state index contributed by atoms with van der Waals surface area (Å²) in [5, 5.41) is 27.0. The van der Waals surface area contributed by atoms with Crippen molar-refractivity contribution in [3.63, 3.8) is 0 Å². The van der Waals surface area contributed by atoms with Crippen LogP contribution in [0.15, 0.2) is 12.2 Å². The van der Waals surface area contributed by atoms with Crippen LogP contribution in [0.1, 0.15) is 90.4 Å². The molecule has 0 atom stereocenters. The number of unbranched alkanes of at least 4 members (excludes halogenated alkanes) is 5. The molecule has 0 aliphatic heterocycles. The summed E-state index contributed by atoms with van der Waals surface area (Å²) < 4.78 is 0.619. The summed E-state index contributed by atoms with van der Waals surface area (Å²) in [6.45, 7) is 4.98. The Bertz CT molecular complexity index is 468. The van der Waals surface area contributed by atoms with Gasteiger partial charge < -0.3 is 19.8 Å². The highest BCUT2D eigenvalue weighted by Crippen LogP contribution is 2.17. The van der Waals surface area contributed by atoms with Crippen LogP contribution in [-0.2, 0) is 14.4 Å². The molecule has 0 aliphatic rings. The first kappa shape index (κ1) is 28.1. The third kappa shape index (κ3) is 17.0. The van der Waals surface area contributed by atoms with Crippen LogP contribution >= 0.6 is 0 Å². The van der Waals surface area contributed by atoms with Gasteiger partial charge in [-0.25, -0.2) is 0 Å². The van der Waals surface area contributed by atoms with Crippen molar-refractivity contribution in [1.29, 1.82) is 0 Å². The first-order valence-electron chi connectivity index (χ1n) is 11.5. The van der Waals surface area contributed by atoms with Gasteiger partial charge in [0.05, 0.1) is 45.4 Å². The molecular formula is C23H42NO6+. The number of aliphatic carboxylic acids is 3. The van der Waals surface area contributed by atoms with E-state index in [9.17, 15) is 14.4 Å². The van der Waals surface area contributed by atoms with Gasteiger partial charge in [-0.2, -0.15) is 0 Å². The maximum atomic E-state index is 10.9. The highest BCUT2D eigenvalue weighted by atomic mass is 16.4. The summed E-state index contributed by atoms with van der Waals surface area (Å²) in [6.07, 6.45) is 14.1. The molecule has 3 N–H and O–H groups in total. The quantitative estimate of drug-likeness (QED) is 0.139. The molecule has 0 amide bonds. The van der Waals surface area contributed by atoms with E-state index in [0.29, 0.717) is 43.4 Å². The lowest BCUT2D eigenvalue weighted by Crippen LogP contribution is -2.51. The minimum Gasteiger partial charge on any atom is -0.481 e. The average Bonchev–Trinajstić information content (AvgIpc) is 2.65. The molecule has 0 aromatic heterocycles.